The Morgan fingerprint density at radius 3 is 2.60 bits per heavy atom. The van der Waals surface area contributed by atoms with E-state index in [4.69, 9.17) is 4.74 Å². The molecule has 0 amide bonds. The fraction of sp³-hybridized carbons (Fsp3) is 0.550. The van der Waals surface area contributed by atoms with E-state index >= 15 is 0 Å². The predicted octanol–water partition coefficient (Wildman–Crippen LogP) is 3.34. The molecule has 3 rings (SSSR count). The molecule has 1 aliphatic heterocycles. The maximum absolute atomic E-state index is 11.3. The number of rotatable bonds is 6. The second kappa shape index (κ2) is 7.18. The molecule has 2 aromatic rings. The maximum Gasteiger partial charge on any atom is 0.118 e. The minimum Gasteiger partial charge on any atom is -0.497 e. The summed E-state index contributed by atoms with van der Waals surface area (Å²) in [6.07, 6.45) is 4.12. The Hall–Kier alpha value is -1.85. The Kier molecular flexibility index (Phi) is 5.16. The summed E-state index contributed by atoms with van der Waals surface area (Å²) in [5.41, 5.74) is 1.09. The SMILES string of the molecule is COc1ccc([C@@](C)(O)[C@@H]2CCCN2Cc2ccn(C(C)C)n2)cc1. The van der Waals surface area contributed by atoms with Gasteiger partial charge in [0.15, 0.2) is 0 Å². The minimum absolute atomic E-state index is 0.0881. The first kappa shape index (κ1) is 18.0. The van der Waals surface area contributed by atoms with Crippen LogP contribution in [0.3, 0.4) is 0 Å². The van der Waals surface area contributed by atoms with Gasteiger partial charge < -0.3 is 9.84 Å². The highest BCUT2D eigenvalue weighted by molar-refractivity contribution is 5.31. The van der Waals surface area contributed by atoms with E-state index in [0.29, 0.717) is 6.04 Å². The molecule has 25 heavy (non-hydrogen) atoms. The summed E-state index contributed by atoms with van der Waals surface area (Å²) in [6.45, 7) is 7.94. The first-order chi connectivity index (χ1) is 11.9. The van der Waals surface area contributed by atoms with Crippen LogP contribution in [0.15, 0.2) is 36.5 Å². The molecule has 0 bridgehead atoms. The molecular formula is C20H29N3O2. The van der Waals surface area contributed by atoms with Gasteiger partial charge in [-0.1, -0.05) is 12.1 Å². The zero-order valence-electron chi connectivity index (χ0n) is 15.6. The van der Waals surface area contributed by atoms with Crippen molar-refractivity contribution in [2.24, 2.45) is 0 Å². The van der Waals surface area contributed by atoms with Gasteiger partial charge in [-0.05, 0) is 63.9 Å². The van der Waals surface area contributed by atoms with Crippen LogP contribution in [-0.4, -0.2) is 39.5 Å². The third-order valence-electron chi connectivity index (χ3n) is 5.24. The summed E-state index contributed by atoms with van der Waals surface area (Å²) >= 11 is 0. The normalized spacial score (nSPS) is 20.8. The van der Waals surface area contributed by atoms with E-state index in [-0.39, 0.29) is 6.04 Å². The second-order valence-corrected chi connectivity index (χ2v) is 7.39. The number of ether oxygens (including phenoxy) is 1. The number of hydrogen-bond donors (Lipinski definition) is 1. The Morgan fingerprint density at radius 2 is 2.00 bits per heavy atom. The van der Waals surface area contributed by atoms with Gasteiger partial charge in [-0.15, -0.1) is 0 Å². The lowest BCUT2D eigenvalue weighted by molar-refractivity contribution is -0.0258. The molecule has 5 nitrogen and oxygen atoms in total. The van der Waals surface area contributed by atoms with Crippen LogP contribution in [0.5, 0.6) is 5.75 Å². The molecule has 2 atom stereocenters. The van der Waals surface area contributed by atoms with E-state index in [2.05, 4.69) is 29.9 Å². The molecule has 1 fully saturated rings. The van der Waals surface area contributed by atoms with Gasteiger partial charge in [-0.2, -0.15) is 5.10 Å². The standard InChI is InChI=1S/C20H29N3O2/c1-15(2)23-13-11-17(21-23)14-22-12-5-6-19(22)20(3,24)16-7-9-18(25-4)10-8-16/h7-11,13,15,19,24H,5-6,12,14H2,1-4H3/t19-,20+/m0/s1. The van der Waals surface area contributed by atoms with Crippen LogP contribution >= 0.6 is 0 Å². The van der Waals surface area contributed by atoms with Crippen molar-refractivity contribution in [3.05, 3.63) is 47.8 Å². The minimum atomic E-state index is -0.899. The van der Waals surface area contributed by atoms with Gasteiger partial charge in [0.25, 0.3) is 0 Å². The lowest BCUT2D eigenvalue weighted by atomic mass is 9.86. The molecule has 1 aromatic carbocycles. The summed E-state index contributed by atoms with van der Waals surface area (Å²) in [4.78, 5) is 2.36. The molecular weight excluding hydrogens is 314 g/mol. The Bertz CT molecular complexity index is 691. The molecule has 1 aromatic heterocycles. The van der Waals surface area contributed by atoms with Crippen molar-refractivity contribution in [1.82, 2.24) is 14.7 Å². The van der Waals surface area contributed by atoms with Gasteiger partial charge in [0.1, 0.15) is 11.4 Å². The van der Waals surface area contributed by atoms with E-state index < -0.39 is 5.60 Å². The summed E-state index contributed by atoms with van der Waals surface area (Å²) in [6, 6.07) is 10.3. The van der Waals surface area contributed by atoms with Crippen LogP contribution in [0.25, 0.3) is 0 Å². The van der Waals surface area contributed by atoms with Crippen LogP contribution in [0.4, 0.5) is 0 Å². The molecule has 2 heterocycles. The fourth-order valence-corrected chi connectivity index (χ4v) is 3.73. The molecule has 0 saturated carbocycles. The van der Waals surface area contributed by atoms with Gasteiger partial charge in [0.2, 0.25) is 0 Å². The molecule has 1 saturated heterocycles. The van der Waals surface area contributed by atoms with Crippen molar-refractivity contribution in [3.63, 3.8) is 0 Å². The first-order valence-corrected chi connectivity index (χ1v) is 9.07. The van der Waals surface area contributed by atoms with Crippen molar-refractivity contribution < 1.29 is 9.84 Å². The lowest BCUT2D eigenvalue weighted by Gasteiger charge is -2.36. The van der Waals surface area contributed by atoms with Crippen molar-refractivity contribution in [1.29, 1.82) is 0 Å². The maximum atomic E-state index is 11.3. The fourth-order valence-electron chi connectivity index (χ4n) is 3.73. The Balaban J connectivity index is 1.76. The molecule has 1 N–H and O–H groups in total. The largest absolute Gasteiger partial charge is 0.497 e. The van der Waals surface area contributed by atoms with Crippen LogP contribution in [0.2, 0.25) is 0 Å². The van der Waals surface area contributed by atoms with E-state index in [1.54, 1.807) is 7.11 Å². The zero-order chi connectivity index (χ0) is 18.0. The van der Waals surface area contributed by atoms with E-state index in [1.807, 2.05) is 42.1 Å². The smallest absolute Gasteiger partial charge is 0.118 e. The molecule has 0 spiro atoms. The second-order valence-electron chi connectivity index (χ2n) is 7.39. The van der Waals surface area contributed by atoms with Crippen LogP contribution in [-0.2, 0) is 12.1 Å². The Labute approximate surface area is 150 Å². The topological polar surface area (TPSA) is 50.5 Å². The first-order valence-electron chi connectivity index (χ1n) is 9.07. The van der Waals surface area contributed by atoms with Crippen LogP contribution in [0, 0.1) is 0 Å². The summed E-state index contributed by atoms with van der Waals surface area (Å²) < 4.78 is 7.21. The summed E-state index contributed by atoms with van der Waals surface area (Å²) in [7, 11) is 1.65. The van der Waals surface area contributed by atoms with Crippen molar-refractivity contribution >= 4 is 0 Å². The van der Waals surface area contributed by atoms with Crippen LogP contribution < -0.4 is 4.74 Å². The number of benzene rings is 1. The summed E-state index contributed by atoms with van der Waals surface area (Å²) in [5.74, 6) is 0.807. The van der Waals surface area contributed by atoms with E-state index in [9.17, 15) is 5.11 Å². The van der Waals surface area contributed by atoms with Gasteiger partial charge in [0.05, 0.1) is 12.8 Å². The number of likely N-dealkylation sites (tertiary alicyclic amines) is 1. The quantitative estimate of drug-likeness (QED) is 0.874. The number of aromatic nitrogens is 2. The van der Waals surface area contributed by atoms with Crippen molar-refractivity contribution in [2.75, 3.05) is 13.7 Å². The van der Waals surface area contributed by atoms with Crippen LogP contribution in [0.1, 0.15) is 50.9 Å². The van der Waals surface area contributed by atoms with Gasteiger partial charge in [-0.25, -0.2) is 0 Å². The number of methoxy groups -OCH3 is 1. The van der Waals surface area contributed by atoms with Gasteiger partial charge >= 0.3 is 0 Å². The highest BCUT2D eigenvalue weighted by Crippen LogP contribution is 2.36. The number of nitrogens with zero attached hydrogens (tertiary/aromatic N) is 3. The van der Waals surface area contributed by atoms with Crippen molar-refractivity contribution in [2.45, 2.75) is 57.8 Å². The molecule has 0 aliphatic carbocycles. The molecule has 0 radical (unpaired) electrons. The monoisotopic (exact) mass is 343 g/mol. The highest BCUT2D eigenvalue weighted by atomic mass is 16.5. The lowest BCUT2D eigenvalue weighted by Crippen LogP contribution is -2.45. The average molecular weight is 343 g/mol. The highest BCUT2D eigenvalue weighted by Gasteiger charge is 2.40. The van der Waals surface area contributed by atoms with Gasteiger partial charge in [0, 0.05) is 24.8 Å². The van der Waals surface area contributed by atoms with Crippen molar-refractivity contribution in [3.8, 4) is 5.75 Å². The molecule has 1 aliphatic rings. The predicted molar refractivity (Wildman–Crippen MR) is 98.6 cm³/mol. The number of aliphatic hydroxyl groups is 1. The van der Waals surface area contributed by atoms with Gasteiger partial charge in [-0.3, -0.25) is 9.58 Å². The third-order valence-corrected chi connectivity index (χ3v) is 5.24. The Morgan fingerprint density at radius 1 is 1.28 bits per heavy atom. The molecule has 5 heteroatoms. The van der Waals surface area contributed by atoms with E-state index in [0.717, 1.165) is 42.9 Å². The third kappa shape index (κ3) is 3.72. The zero-order valence-corrected chi connectivity index (χ0v) is 15.6. The number of hydrogen-bond acceptors (Lipinski definition) is 4. The van der Waals surface area contributed by atoms with E-state index in [1.165, 1.54) is 0 Å². The summed E-state index contributed by atoms with van der Waals surface area (Å²) in [5, 5.41) is 15.9. The molecule has 136 valence electrons. The molecule has 0 unspecified atom stereocenters. The average Bonchev–Trinajstić information content (AvgIpc) is 3.25.